The Hall–Kier alpha value is -2.74. The van der Waals surface area contributed by atoms with Crippen molar-refractivity contribution in [1.82, 2.24) is 19.9 Å². The van der Waals surface area contributed by atoms with Crippen LogP contribution in [0.4, 0.5) is 23.1 Å². The van der Waals surface area contributed by atoms with Crippen LogP contribution in [-0.4, -0.2) is 40.4 Å². The van der Waals surface area contributed by atoms with Gasteiger partial charge >= 0.3 is 0 Å². The first-order chi connectivity index (χ1) is 15.3. The van der Waals surface area contributed by atoms with Crippen molar-refractivity contribution in [1.29, 1.82) is 0 Å². The number of nitrogens with one attached hydrogen (secondary N) is 2. The van der Waals surface area contributed by atoms with Crippen LogP contribution < -0.4 is 20.7 Å². The van der Waals surface area contributed by atoms with E-state index in [1.54, 1.807) is 57.2 Å². The van der Waals surface area contributed by atoms with Gasteiger partial charge in [0.15, 0.2) is 0 Å². The molecule has 0 aliphatic heterocycles. The van der Waals surface area contributed by atoms with E-state index in [4.69, 9.17) is 16.3 Å². The van der Waals surface area contributed by atoms with Gasteiger partial charge in [0.05, 0.1) is 33.8 Å². The maximum Gasteiger partial charge on any atom is 0.229 e. The van der Waals surface area contributed by atoms with Crippen LogP contribution in [-0.2, 0) is 4.57 Å². The molecule has 0 amide bonds. The van der Waals surface area contributed by atoms with Crippen LogP contribution in [0.5, 0.6) is 5.75 Å². The summed E-state index contributed by atoms with van der Waals surface area (Å²) in [5.74, 6) is 1.42. The molecule has 2 heterocycles. The van der Waals surface area contributed by atoms with Crippen LogP contribution in [0.1, 0.15) is 0 Å². The molecule has 8 nitrogen and oxygen atoms in total. The molecule has 0 atom stereocenters. The molecule has 4 rings (SSSR count). The first-order valence-corrected chi connectivity index (χ1v) is 13.2. The number of hydrogen-bond donors (Lipinski definition) is 2. The molecule has 0 saturated carbocycles. The van der Waals surface area contributed by atoms with E-state index >= 15 is 0 Å². The number of rotatable bonds is 6. The molecule has 0 radical (unpaired) electrons. The van der Waals surface area contributed by atoms with Crippen molar-refractivity contribution in [2.75, 3.05) is 31.1 Å². The zero-order chi connectivity index (χ0) is 22.9. The van der Waals surface area contributed by atoms with Gasteiger partial charge in [-0.2, -0.15) is 4.98 Å². The molecule has 32 heavy (non-hydrogen) atoms. The van der Waals surface area contributed by atoms with E-state index in [0.29, 0.717) is 54.7 Å². The van der Waals surface area contributed by atoms with Crippen molar-refractivity contribution in [3.8, 4) is 5.75 Å². The lowest BCUT2D eigenvalue weighted by Crippen LogP contribution is -2.14. The minimum Gasteiger partial charge on any atom is -0.495 e. The normalized spacial score (nSPS) is 11.4. The molecule has 2 N–H and O–H groups in total. The van der Waals surface area contributed by atoms with Crippen LogP contribution >= 0.6 is 34.7 Å². The minimum absolute atomic E-state index is 0.328. The lowest BCUT2D eigenvalue weighted by molar-refractivity contribution is 0.417. The Bertz CT molecular complexity index is 1360. The molecule has 4 aromatic rings. The Morgan fingerprint density at radius 3 is 2.56 bits per heavy atom. The van der Waals surface area contributed by atoms with Gasteiger partial charge < -0.3 is 19.9 Å². The minimum atomic E-state index is -2.71. The summed E-state index contributed by atoms with van der Waals surface area (Å²) in [7, 11) is -1.14. The molecular weight excluding hydrogens is 515 g/mol. The maximum atomic E-state index is 13.1. The second-order valence-electron chi connectivity index (χ2n) is 7.22. The summed E-state index contributed by atoms with van der Waals surface area (Å²) in [5, 5.41) is 7.55. The van der Waals surface area contributed by atoms with E-state index in [0.717, 1.165) is 0 Å². The first kappa shape index (κ1) is 22.5. The SMILES string of the molecule is COc1ccc(Cl)cc1Nc1ncc(Br)c(Nc2ccc3nccnc3c2P(C)(C)=O)n1. The van der Waals surface area contributed by atoms with Gasteiger partial charge in [0.1, 0.15) is 24.2 Å². The number of hydrogen-bond acceptors (Lipinski definition) is 8. The molecule has 0 unspecified atom stereocenters. The molecule has 0 saturated heterocycles. The van der Waals surface area contributed by atoms with E-state index in [9.17, 15) is 4.57 Å². The van der Waals surface area contributed by atoms with Crippen molar-refractivity contribution >= 4 is 74.2 Å². The topological polar surface area (TPSA) is 102 Å². The highest BCUT2D eigenvalue weighted by Gasteiger charge is 2.22. The summed E-state index contributed by atoms with van der Waals surface area (Å²) in [6.45, 7) is 3.41. The number of fused-ring (bicyclic) bond motifs is 1. The van der Waals surface area contributed by atoms with Gasteiger partial charge in [-0.1, -0.05) is 11.6 Å². The van der Waals surface area contributed by atoms with Crippen LogP contribution in [0.15, 0.2) is 53.4 Å². The van der Waals surface area contributed by atoms with Crippen LogP contribution in [0.3, 0.4) is 0 Å². The third kappa shape index (κ3) is 4.70. The van der Waals surface area contributed by atoms with E-state index < -0.39 is 7.14 Å². The van der Waals surface area contributed by atoms with Gasteiger partial charge in [-0.15, -0.1) is 0 Å². The molecule has 0 bridgehead atoms. The third-order valence-corrected chi connectivity index (χ3v) is 6.90. The molecule has 11 heteroatoms. The maximum absolute atomic E-state index is 13.1. The van der Waals surface area contributed by atoms with Crippen LogP contribution in [0.25, 0.3) is 11.0 Å². The predicted molar refractivity (Wildman–Crippen MR) is 133 cm³/mol. The number of methoxy groups -OCH3 is 1. The fourth-order valence-electron chi connectivity index (χ4n) is 3.21. The standard InChI is InChI=1S/C21H19BrClN6O2P/c1-31-17-7-4-12(23)10-16(17)28-21-26-11-13(22)20(29-21)27-15-6-5-14-18(25-9-8-24-14)19(15)32(2,3)30/h4-11H,1-3H3,(H2,26,27,28,29). The second-order valence-corrected chi connectivity index (χ2v) is 11.7. The van der Waals surface area contributed by atoms with Gasteiger partial charge in [0.25, 0.3) is 0 Å². The summed E-state index contributed by atoms with van der Waals surface area (Å²) in [6, 6.07) is 8.87. The third-order valence-electron chi connectivity index (χ3n) is 4.56. The van der Waals surface area contributed by atoms with Crippen molar-refractivity contribution in [2.45, 2.75) is 0 Å². The Morgan fingerprint density at radius 1 is 1.03 bits per heavy atom. The largest absolute Gasteiger partial charge is 0.495 e. The average Bonchev–Trinajstić information content (AvgIpc) is 2.75. The monoisotopic (exact) mass is 532 g/mol. The molecule has 2 aromatic heterocycles. The zero-order valence-corrected chi connectivity index (χ0v) is 20.7. The lowest BCUT2D eigenvalue weighted by atomic mass is 10.2. The van der Waals surface area contributed by atoms with Crippen molar-refractivity contribution in [3.05, 3.63) is 58.4 Å². The second kappa shape index (κ2) is 9.02. The molecule has 0 fully saturated rings. The van der Waals surface area contributed by atoms with E-state index in [1.807, 2.05) is 12.1 Å². The molecular formula is C21H19BrClN6O2P. The predicted octanol–water partition coefficient (Wildman–Crippen LogP) is 5.58. The Kier molecular flexibility index (Phi) is 6.33. The van der Waals surface area contributed by atoms with Gasteiger partial charge in [0.2, 0.25) is 5.95 Å². The fourth-order valence-corrected chi connectivity index (χ4v) is 5.06. The molecule has 0 spiro atoms. The van der Waals surface area contributed by atoms with Crippen molar-refractivity contribution in [3.63, 3.8) is 0 Å². The lowest BCUT2D eigenvalue weighted by Gasteiger charge is -2.17. The molecule has 0 aliphatic rings. The van der Waals surface area contributed by atoms with Gasteiger partial charge in [-0.25, -0.2) is 4.98 Å². The zero-order valence-electron chi connectivity index (χ0n) is 17.4. The Balaban J connectivity index is 1.74. The van der Waals surface area contributed by atoms with Gasteiger partial charge in [-0.05, 0) is 59.6 Å². The van der Waals surface area contributed by atoms with Crippen LogP contribution in [0, 0.1) is 0 Å². The highest BCUT2D eigenvalue weighted by atomic mass is 79.9. The summed E-state index contributed by atoms with van der Waals surface area (Å²) in [5.41, 5.74) is 2.53. The van der Waals surface area contributed by atoms with Crippen molar-refractivity contribution < 1.29 is 9.30 Å². The van der Waals surface area contributed by atoms with Gasteiger partial charge in [0, 0.05) is 23.6 Å². The summed E-state index contributed by atoms with van der Waals surface area (Å²) >= 11 is 9.60. The smallest absolute Gasteiger partial charge is 0.229 e. The van der Waals surface area contributed by atoms with Crippen LogP contribution in [0.2, 0.25) is 5.02 Å². The van der Waals surface area contributed by atoms with E-state index in [2.05, 4.69) is 46.5 Å². The van der Waals surface area contributed by atoms with Crippen molar-refractivity contribution in [2.24, 2.45) is 0 Å². The number of halogens is 2. The summed E-state index contributed by atoms with van der Waals surface area (Å²) in [4.78, 5) is 17.6. The number of nitrogens with zero attached hydrogens (tertiary/aromatic N) is 4. The molecule has 0 aliphatic carbocycles. The highest BCUT2D eigenvalue weighted by molar-refractivity contribution is 9.10. The van der Waals surface area contributed by atoms with Gasteiger partial charge in [-0.3, -0.25) is 9.97 Å². The molecule has 164 valence electrons. The Morgan fingerprint density at radius 2 is 1.81 bits per heavy atom. The Labute approximate surface area is 198 Å². The molecule has 2 aromatic carbocycles. The highest BCUT2D eigenvalue weighted by Crippen LogP contribution is 2.41. The number of benzene rings is 2. The quantitative estimate of drug-likeness (QED) is 0.310. The fraction of sp³-hybridized carbons (Fsp3) is 0.143. The number of aromatic nitrogens is 4. The van der Waals surface area contributed by atoms with E-state index in [-0.39, 0.29) is 0 Å². The summed E-state index contributed by atoms with van der Waals surface area (Å²) < 4.78 is 19.1. The van der Waals surface area contributed by atoms with E-state index in [1.165, 1.54) is 0 Å². The number of anilines is 4. The number of ether oxygens (including phenoxy) is 1. The summed E-state index contributed by atoms with van der Waals surface area (Å²) in [6.07, 6.45) is 4.82. The average molecular weight is 534 g/mol. The first-order valence-electron chi connectivity index (χ1n) is 9.45.